The van der Waals surface area contributed by atoms with Gasteiger partial charge in [-0.25, -0.2) is 9.44 Å². The molecule has 0 atom stereocenters. The summed E-state index contributed by atoms with van der Waals surface area (Å²) in [6.45, 7) is 2.13. The Kier molecular flexibility index (Phi) is 5.30. The van der Waals surface area contributed by atoms with Gasteiger partial charge < -0.3 is 0 Å². The third-order valence-corrected chi connectivity index (χ3v) is 3.48. The van der Waals surface area contributed by atoms with Crippen molar-refractivity contribution in [2.75, 3.05) is 6.54 Å². The third-order valence-electron chi connectivity index (χ3n) is 2.52. The van der Waals surface area contributed by atoms with Crippen LogP contribution in [0.15, 0.2) is 30.3 Å². The quantitative estimate of drug-likeness (QED) is 0.796. The van der Waals surface area contributed by atoms with Gasteiger partial charge in [-0.15, -0.1) is 0 Å². The van der Waals surface area contributed by atoms with Crippen LogP contribution in [0, 0.1) is 0 Å². The van der Waals surface area contributed by atoms with Crippen LogP contribution >= 0.6 is 0 Å². The summed E-state index contributed by atoms with van der Waals surface area (Å²) >= 11 is 0. The first-order valence-corrected chi connectivity index (χ1v) is 7.37. The number of hydrogen-bond donors (Lipinski definition) is 1. The molecule has 0 saturated carbocycles. The fourth-order valence-corrected chi connectivity index (χ4v) is 2.29. The van der Waals surface area contributed by atoms with Crippen LogP contribution in [0.25, 0.3) is 0 Å². The Morgan fingerprint density at radius 2 is 1.83 bits per heavy atom. The highest BCUT2D eigenvalue weighted by Crippen LogP contribution is 2.09. The number of nitrogens with two attached hydrogens (primary N) is 1. The molecule has 100 valence electrons. The van der Waals surface area contributed by atoms with Gasteiger partial charge in [0.15, 0.2) is 0 Å². The first-order valence-electron chi connectivity index (χ1n) is 5.86. The van der Waals surface area contributed by atoms with E-state index in [0.717, 1.165) is 17.1 Å². The van der Waals surface area contributed by atoms with Gasteiger partial charge in [0.2, 0.25) is 0 Å². The number of unbranched alkanes of at least 4 members (excludes halogenated alkanes) is 2. The second kappa shape index (κ2) is 6.51. The van der Waals surface area contributed by atoms with E-state index in [1.165, 1.54) is 0 Å². The van der Waals surface area contributed by atoms with E-state index < -0.39 is 16.1 Å². The summed E-state index contributed by atoms with van der Waals surface area (Å²) in [5.41, 5.74) is 0.322. The van der Waals surface area contributed by atoms with Gasteiger partial charge in [0, 0.05) is 12.1 Å². The zero-order valence-electron chi connectivity index (χ0n) is 10.4. The molecule has 1 rings (SSSR count). The molecule has 0 aliphatic rings. The molecule has 0 saturated heterocycles. The first kappa shape index (κ1) is 14.7. The standard InChI is InChI=1S/C12H18N2O3S/c1-2-3-7-10-14(18(13,16)17)12(15)11-8-5-4-6-9-11/h4-6,8-9H,2-3,7,10H2,1H3,(H2,13,16,17). The van der Waals surface area contributed by atoms with Crippen LogP contribution in [0.5, 0.6) is 0 Å². The molecule has 0 radical (unpaired) electrons. The lowest BCUT2D eigenvalue weighted by atomic mass is 10.2. The predicted octanol–water partition coefficient (Wildman–Crippen LogP) is 1.52. The van der Waals surface area contributed by atoms with Crippen molar-refractivity contribution in [3.05, 3.63) is 35.9 Å². The number of benzene rings is 1. The topological polar surface area (TPSA) is 80.5 Å². The summed E-state index contributed by atoms with van der Waals surface area (Å²) in [4.78, 5) is 12.1. The van der Waals surface area contributed by atoms with Crippen LogP contribution in [0.3, 0.4) is 0 Å². The third kappa shape index (κ3) is 4.12. The van der Waals surface area contributed by atoms with E-state index in [0.29, 0.717) is 12.0 Å². The molecular formula is C12H18N2O3S. The fourth-order valence-electron chi connectivity index (χ4n) is 1.57. The molecule has 5 nitrogen and oxygen atoms in total. The first-order chi connectivity index (χ1) is 8.46. The SMILES string of the molecule is CCCCCN(C(=O)c1ccccc1)S(N)(=O)=O. The van der Waals surface area contributed by atoms with Crippen molar-refractivity contribution in [3.63, 3.8) is 0 Å². The molecule has 18 heavy (non-hydrogen) atoms. The number of hydrogen-bond acceptors (Lipinski definition) is 3. The number of nitrogens with zero attached hydrogens (tertiary/aromatic N) is 1. The molecule has 6 heteroatoms. The van der Waals surface area contributed by atoms with E-state index >= 15 is 0 Å². The normalized spacial score (nSPS) is 11.2. The van der Waals surface area contributed by atoms with Gasteiger partial charge in [0.05, 0.1) is 0 Å². The monoisotopic (exact) mass is 270 g/mol. The maximum absolute atomic E-state index is 12.1. The summed E-state index contributed by atoms with van der Waals surface area (Å²) < 4.78 is 23.6. The van der Waals surface area contributed by atoms with Crippen molar-refractivity contribution in [1.82, 2.24) is 4.31 Å². The summed E-state index contributed by atoms with van der Waals surface area (Å²) in [5, 5.41) is 5.08. The minimum absolute atomic E-state index is 0.125. The van der Waals surface area contributed by atoms with Crippen LogP contribution in [-0.2, 0) is 10.2 Å². The second-order valence-electron chi connectivity index (χ2n) is 4.00. The van der Waals surface area contributed by atoms with Crippen LogP contribution in [0.4, 0.5) is 0 Å². The molecule has 0 bridgehead atoms. The molecule has 0 heterocycles. The molecule has 0 aliphatic carbocycles. The molecule has 0 aromatic heterocycles. The minimum atomic E-state index is -4.01. The summed E-state index contributed by atoms with van der Waals surface area (Å²) in [7, 11) is -4.01. The van der Waals surface area contributed by atoms with E-state index in [4.69, 9.17) is 5.14 Å². The molecule has 2 N–H and O–H groups in total. The summed E-state index contributed by atoms with van der Waals surface area (Å²) in [6.07, 6.45) is 2.41. The zero-order chi connectivity index (χ0) is 13.6. The summed E-state index contributed by atoms with van der Waals surface area (Å²) in [6, 6.07) is 8.26. The Hall–Kier alpha value is -1.40. The zero-order valence-corrected chi connectivity index (χ0v) is 11.2. The van der Waals surface area contributed by atoms with Gasteiger partial charge in [-0.05, 0) is 18.6 Å². The van der Waals surface area contributed by atoms with Crippen molar-refractivity contribution in [3.8, 4) is 0 Å². The lowest BCUT2D eigenvalue weighted by molar-refractivity contribution is 0.0860. The maximum Gasteiger partial charge on any atom is 0.301 e. The van der Waals surface area contributed by atoms with Crippen molar-refractivity contribution in [1.29, 1.82) is 0 Å². The van der Waals surface area contributed by atoms with Gasteiger partial charge >= 0.3 is 10.2 Å². The molecule has 0 unspecified atom stereocenters. The predicted molar refractivity (Wildman–Crippen MR) is 70.1 cm³/mol. The second-order valence-corrected chi connectivity index (χ2v) is 5.47. The summed E-state index contributed by atoms with van der Waals surface area (Å²) in [5.74, 6) is -0.575. The van der Waals surface area contributed by atoms with Gasteiger partial charge in [-0.3, -0.25) is 4.79 Å². The average Bonchev–Trinajstić information content (AvgIpc) is 2.33. The van der Waals surface area contributed by atoms with Crippen LogP contribution in [-0.4, -0.2) is 25.2 Å². The highest BCUT2D eigenvalue weighted by atomic mass is 32.2. The lowest BCUT2D eigenvalue weighted by Gasteiger charge is -2.19. The van der Waals surface area contributed by atoms with Gasteiger partial charge in [0.1, 0.15) is 0 Å². The molecular weight excluding hydrogens is 252 g/mol. The van der Waals surface area contributed by atoms with E-state index in [2.05, 4.69) is 0 Å². The fraction of sp³-hybridized carbons (Fsp3) is 0.417. The van der Waals surface area contributed by atoms with Gasteiger partial charge in [-0.1, -0.05) is 38.0 Å². The molecule has 1 amide bonds. The van der Waals surface area contributed by atoms with Crippen LogP contribution in [0.1, 0.15) is 36.5 Å². The molecule has 1 aromatic carbocycles. The average molecular weight is 270 g/mol. The lowest BCUT2D eigenvalue weighted by Crippen LogP contribution is -2.41. The number of carbonyl (C=O) groups excluding carboxylic acids is 1. The van der Waals surface area contributed by atoms with Crippen molar-refractivity contribution >= 4 is 16.1 Å². The molecule has 1 aromatic rings. The van der Waals surface area contributed by atoms with E-state index in [-0.39, 0.29) is 6.54 Å². The molecule has 0 aliphatic heterocycles. The minimum Gasteiger partial charge on any atom is -0.268 e. The van der Waals surface area contributed by atoms with E-state index in [1.54, 1.807) is 30.3 Å². The molecule has 0 fully saturated rings. The Bertz CT molecular complexity index is 485. The van der Waals surface area contributed by atoms with Crippen molar-refractivity contribution < 1.29 is 13.2 Å². The Balaban J connectivity index is 2.87. The number of carbonyl (C=O) groups is 1. The van der Waals surface area contributed by atoms with E-state index in [1.807, 2.05) is 6.92 Å². The Morgan fingerprint density at radius 3 is 2.33 bits per heavy atom. The maximum atomic E-state index is 12.1. The van der Waals surface area contributed by atoms with Crippen molar-refractivity contribution in [2.24, 2.45) is 5.14 Å². The highest BCUT2D eigenvalue weighted by molar-refractivity contribution is 7.87. The van der Waals surface area contributed by atoms with Gasteiger partial charge in [-0.2, -0.15) is 8.42 Å². The number of amides is 1. The Morgan fingerprint density at radius 1 is 1.22 bits per heavy atom. The van der Waals surface area contributed by atoms with Crippen LogP contribution in [0.2, 0.25) is 0 Å². The highest BCUT2D eigenvalue weighted by Gasteiger charge is 2.24. The largest absolute Gasteiger partial charge is 0.301 e. The smallest absolute Gasteiger partial charge is 0.268 e. The number of rotatable bonds is 6. The van der Waals surface area contributed by atoms with Gasteiger partial charge in [0.25, 0.3) is 5.91 Å². The Labute approximate surface area is 108 Å². The van der Waals surface area contributed by atoms with Crippen LogP contribution < -0.4 is 5.14 Å². The van der Waals surface area contributed by atoms with E-state index in [9.17, 15) is 13.2 Å². The molecule has 0 spiro atoms. The van der Waals surface area contributed by atoms with Crippen molar-refractivity contribution in [2.45, 2.75) is 26.2 Å².